The van der Waals surface area contributed by atoms with Crippen LogP contribution < -0.4 is 0 Å². The number of halogens is 2. The third kappa shape index (κ3) is 3.40. The number of hydrogen-bond acceptors (Lipinski definition) is 3. The van der Waals surface area contributed by atoms with Gasteiger partial charge < -0.3 is 9.80 Å². The number of piperidine rings is 2. The van der Waals surface area contributed by atoms with Crippen molar-refractivity contribution < 1.29 is 14.4 Å². The van der Waals surface area contributed by atoms with Crippen LogP contribution in [0.1, 0.15) is 34.6 Å². The van der Waals surface area contributed by atoms with Crippen LogP contribution in [0.15, 0.2) is 48.5 Å². The quantitative estimate of drug-likeness (QED) is 0.697. The Morgan fingerprint density at radius 3 is 1.40 bits per heavy atom. The Morgan fingerprint density at radius 1 is 0.733 bits per heavy atom. The molecular formula is C23H22Cl2N2O3. The Balaban J connectivity index is 1.64. The number of likely N-dealkylation sites (tertiary alicyclic amines) is 2. The molecule has 2 bridgehead atoms. The van der Waals surface area contributed by atoms with Gasteiger partial charge in [0.2, 0.25) is 0 Å². The van der Waals surface area contributed by atoms with Gasteiger partial charge in [0.25, 0.3) is 11.8 Å². The van der Waals surface area contributed by atoms with Crippen LogP contribution in [0.3, 0.4) is 0 Å². The number of amides is 2. The van der Waals surface area contributed by atoms with Crippen LogP contribution in [0, 0.1) is 10.8 Å². The summed E-state index contributed by atoms with van der Waals surface area (Å²) in [7, 11) is 0. The van der Waals surface area contributed by atoms with E-state index in [0.29, 0.717) is 21.2 Å². The van der Waals surface area contributed by atoms with Gasteiger partial charge in [-0.2, -0.15) is 0 Å². The van der Waals surface area contributed by atoms with Crippen molar-refractivity contribution in [2.24, 2.45) is 10.8 Å². The Kier molecular flexibility index (Phi) is 5.15. The summed E-state index contributed by atoms with van der Waals surface area (Å²) in [6.07, 6.45) is 0. The van der Waals surface area contributed by atoms with E-state index in [9.17, 15) is 14.4 Å². The van der Waals surface area contributed by atoms with Crippen LogP contribution in [-0.2, 0) is 4.79 Å². The molecule has 2 aromatic rings. The highest BCUT2D eigenvalue weighted by molar-refractivity contribution is 6.34. The van der Waals surface area contributed by atoms with E-state index in [1.165, 1.54) is 0 Å². The topological polar surface area (TPSA) is 57.7 Å². The average molecular weight is 445 g/mol. The first-order valence-electron chi connectivity index (χ1n) is 9.77. The van der Waals surface area contributed by atoms with E-state index in [1.807, 2.05) is 13.8 Å². The van der Waals surface area contributed by atoms with Crippen molar-refractivity contribution in [2.45, 2.75) is 13.8 Å². The summed E-state index contributed by atoms with van der Waals surface area (Å²) in [5, 5.41) is 0.769. The van der Waals surface area contributed by atoms with Crippen molar-refractivity contribution in [2.75, 3.05) is 26.2 Å². The van der Waals surface area contributed by atoms with Gasteiger partial charge in [0.15, 0.2) is 5.78 Å². The molecule has 0 atom stereocenters. The third-order valence-corrected chi connectivity index (χ3v) is 6.70. The number of carbonyl (C=O) groups excluding carboxylic acids is 3. The monoisotopic (exact) mass is 444 g/mol. The normalized spacial score (nSPS) is 25.9. The summed E-state index contributed by atoms with van der Waals surface area (Å²) in [5.41, 5.74) is -0.886. The summed E-state index contributed by atoms with van der Waals surface area (Å²) >= 11 is 12.4. The molecule has 7 heteroatoms. The molecule has 2 amide bonds. The molecule has 0 N–H and O–H groups in total. The van der Waals surface area contributed by atoms with Crippen molar-refractivity contribution in [3.63, 3.8) is 0 Å². The largest absolute Gasteiger partial charge is 0.336 e. The first kappa shape index (κ1) is 20.9. The lowest BCUT2D eigenvalue weighted by Gasteiger charge is -2.55. The second-order valence-corrected chi connectivity index (χ2v) is 9.55. The standard InChI is InChI=1S/C23H22Cl2N2O3/c1-22-11-26(19(28)15-7-3-5-9-17(15)24)13-23(2,21(22)30)14-27(12-22)20(29)16-8-4-6-10-18(16)25/h3-10H,11-14H2,1-2H3. The molecule has 0 radical (unpaired) electrons. The maximum atomic E-state index is 13.3. The van der Waals surface area contributed by atoms with E-state index >= 15 is 0 Å². The lowest BCUT2D eigenvalue weighted by atomic mass is 9.64. The Hall–Kier alpha value is -2.37. The van der Waals surface area contributed by atoms with Crippen LogP contribution >= 0.6 is 23.2 Å². The van der Waals surface area contributed by atoms with Crippen molar-refractivity contribution >= 4 is 40.8 Å². The fourth-order valence-corrected chi connectivity index (χ4v) is 5.24. The molecule has 30 heavy (non-hydrogen) atoms. The molecule has 2 aliphatic rings. The molecule has 2 aliphatic heterocycles. The molecule has 2 heterocycles. The molecule has 2 aromatic carbocycles. The molecule has 2 fully saturated rings. The predicted molar refractivity (Wildman–Crippen MR) is 116 cm³/mol. The maximum Gasteiger partial charge on any atom is 0.255 e. The van der Waals surface area contributed by atoms with Gasteiger partial charge in [-0.05, 0) is 38.1 Å². The third-order valence-electron chi connectivity index (χ3n) is 6.04. The Bertz CT molecular complexity index is 959. The van der Waals surface area contributed by atoms with Crippen LogP contribution in [-0.4, -0.2) is 53.6 Å². The number of ketones is 1. The van der Waals surface area contributed by atoms with E-state index in [1.54, 1.807) is 58.3 Å². The first-order chi connectivity index (χ1) is 14.1. The second-order valence-electron chi connectivity index (χ2n) is 8.73. The SMILES string of the molecule is CC12CN(C(=O)c3ccccc3Cl)CC(C)(CN(C(=O)c3ccccc3Cl)C1)C2=O. The molecule has 0 aromatic heterocycles. The number of rotatable bonds is 2. The van der Waals surface area contributed by atoms with Crippen LogP contribution in [0.2, 0.25) is 10.0 Å². The van der Waals surface area contributed by atoms with Gasteiger partial charge in [0, 0.05) is 26.2 Å². The molecule has 5 nitrogen and oxygen atoms in total. The van der Waals surface area contributed by atoms with Gasteiger partial charge in [-0.3, -0.25) is 14.4 Å². The van der Waals surface area contributed by atoms with Gasteiger partial charge in [-0.25, -0.2) is 0 Å². The molecule has 0 unspecified atom stereocenters. The predicted octanol–water partition coefficient (Wildman–Crippen LogP) is 4.19. The van der Waals surface area contributed by atoms with Crippen molar-refractivity contribution in [3.05, 3.63) is 69.7 Å². The minimum Gasteiger partial charge on any atom is -0.336 e. The number of nitrogens with zero attached hydrogens (tertiary/aromatic N) is 2. The van der Waals surface area contributed by atoms with Gasteiger partial charge in [-0.15, -0.1) is 0 Å². The average Bonchev–Trinajstić information content (AvgIpc) is 2.70. The fraction of sp³-hybridized carbons (Fsp3) is 0.348. The highest BCUT2D eigenvalue weighted by atomic mass is 35.5. The maximum absolute atomic E-state index is 13.3. The lowest BCUT2D eigenvalue weighted by molar-refractivity contribution is -0.153. The van der Waals surface area contributed by atoms with Crippen molar-refractivity contribution in [1.82, 2.24) is 9.80 Å². The number of Topliss-reactive ketones (excluding diaryl/α,β-unsaturated/α-hetero) is 1. The van der Waals surface area contributed by atoms with Gasteiger partial charge in [-0.1, -0.05) is 47.5 Å². The van der Waals surface area contributed by atoms with Gasteiger partial charge >= 0.3 is 0 Å². The fourth-order valence-electron chi connectivity index (χ4n) is 4.81. The van der Waals surface area contributed by atoms with E-state index in [-0.39, 0.29) is 43.8 Å². The van der Waals surface area contributed by atoms with E-state index in [2.05, 4.69) is 0 Å². The van der Waals surface area contributed by atoms with Crippen molar-refractivity contribution in [3.8, 4) is 0 Å². The van der Waals surface area contributed by atoms with Crippen molar-refractivity contribution in [1.29, 1.82) is 0 Å². The summed E-state index contributed by atoms with van der Waals surface area (Å²) in [5.74, 6) is -0.311. The molecular weight excluding hydrogens is 423 g/mol. The second kappa shape index (κ2) is 7.40. The summed E-state index contributed by atoms with van der Waals surface area (Å²) in [4.78, 5) is 43.0. The number of benzene rings is 2. The van der Waals surface area contributed by atoms with Crippen LogP contribution in [0.4, 0.5) is 0 Å². The number of fused-ring (bicyclic) bond motifs is 2. The van der Waals surface area contributed by atoms with Gasteiger partial charge in [0.05, 0.1) is 32.0 Å². The molecule has 2 saturated heterocycles. The first-order valence-corrected chi connectivity index (χ1v) is 10.5. The summed E-state index contributed by atoms with van der Waals surface area (Å²) in [6, 6.07) is 13.8. The zero-order valence-electron chi connectivity index (χ0n) is 16.8. The lowest BCUT2D eigenvalue weighted by Crippen LogP contribution is -2.69. The summed E-state index contributed by atoms with van der Waals surface area (Å²) in [6.45, 7) is 4.59. The number of hydrogen-bond donors (Lipinski definition) is 0. The Labute approximate surface area is 185 Å². The van der Waals surface area contributed by atoms with Gasteiger partial charge in [0.1, 0.15) is 0 Å². The molecule has 0 saturated carbocycles. The summed E-state index contributed by atoms with van der Waals surface area (Å²) < 4.78 is 0. The van der Waals surface area contributed by atoms with E-state index in [0.717, 1.165) is 0 Å². The van der Waals surface area contributed by atoms with E-state index < -0.39 is 10.8 Å². The molecule has 0 aliphatic carbocycles. The zero-order valence-corrected chi connectivity index (χ0v) is 18.3. The van der Waals surface area contributed by atoms with Crippen LogP contribution in [0.5, 0.6) is 0 Å². The highest BCUT2D eigenvalue weighted by Gasteiger charge is 2.57. The Morgan fingerprint density at radius 2 is 1.07 bits per heavy atom. The molecule has 0 spiro atoms. The number of carbonyl (C=O) groups is 3. The minimum atomic E-state index is -0.862. The van der Waals surface area contributed by atoms with Crippen LogP contribution in [0.25, 0.3) is 0 Å². The smallest absolute Gasteiger partial charge is 0.255 e. The van der Waals surface area contributed by atoms with E-state index in [4.69, 9.17) is 23.2 Å². The molecule has 4 rings (SSSR count). The zero-order chi connectivity index (χ0) is 21.7. The highest BCUT2D eigenvalue weighted by Crippen LogP contribution is 2.43. The molecule has 156 valence electrons. The minimum absolute atomic E-state index is 0.0846.